The van der Waals surface area contributed by atoms with Crippen LogP contribution in [0.2, 0.25) is 0 Å². The Morgan fingerprint density at radius 3 is 2.65 bits per heavy atom. The van der Waals surface area contributed by atoms with Gasteiger partial charge < -0.3 is 15.5 Å². The number of carbonyl (C=O) groups is 2. The second kappa shape index (κ2) is 8.72. The number of rotatable bonds is 5. The third kappa shape index (κ3) is 4.50. The number of aromatic nitrogens is 3. The lowest BCUT2D eigenvalue weighted by atomic mass is 10.2. The van der Waals surface area contributed by atoms with Crippen molar-refractivity contribution >= 4 is 39.9 Å². The monoisotopic (exact) mass is 444 g/mol. The summed E-state index contributed by atoms with van der Waals surface area (Å²) in [5.74, 6) is -2.51. The van der Waals surface area contributed by atoms with Gasteiger partial charge in [-0.05, 0) is 43.4 Å². The molecular weight excluding hydrogens is 426 g/mol. The summed E-state index contributed by atoms with van der Waals surface area (Å²) in [5, 5.41) is 5.90. The van der Waals surface area contributed by atoms with Crippen LogP contribution < -0.4 is 10.6 Å². The average molecular weight is 444 g/mol. The number of halogens is 2. The fourth-order valence-electron chi connectivity index (χ4n) is 3.22. The van der Waals surface area contributed by atoms with E-state index in [0.717, 1.165) is 36.5 Å². The molecule has 0 atom stereocenters. The molecule has 1 aliphatic heterocycles. The first-order valence-electron chi connectivity index (χ1n) is 9.53. The van der Waals surface area contributed by atoms with Crippen molar-refractivity contribution in [2.24, 2.45) is 0 Å². The van der Waals surface area contributed by atoms with Crippen LogP contribution >= 0.6 is 11.5 Å². The second-order valence-electron chi connectivity index (χ2n) is 6.97. The molecule has 0 bridgehead atoms. The molecule has 0 radical (unpaired) electrons. The quantitative estimate of drug-likeness (QED) is 0.622. The zero-order chi connectivity index (χ0) is 22.0. The lowest BCUT2D eigenvalue weighted by Crippen LogP contribution is -2.28. The predicted molar refractivity (Wildman–Crippen MR) is 112 cm³/mol. The highest BCUT2D eigenvalue weighted by molar-refractivity contribution is 7.10. The smallest absolute Gasteiger partial charge is 0.274 e. The molecule has 8 nitrogen and oxygen atoms in total. The highest BCUT2D eigenvalue weighted by Gasteiger charge is 2.23. The standard InChI is InChI=1S/C20H18F2N6O2S/c1-11-17(18(29)24-12-4-5-13(21)14(22)8-12)19(31-27-11)26-16-10-23-9-15(25-16)20(30)28-6-2-3-7-28/h4-5,8-10H,2-3,6-7H2,1H3,(H,24,29)(H,25,26). The van der Waals surface area contributed by atoms with Crippen molar-refractivity contribution in [3.05, 3.63) is 59.2 Å². The Hall–Kier alpha value is -3.47. The van der Waals surface area contributed by atoms with E-state index in [-0.39, 0.29) is 28.7 Å². The Balaban J connectivity index is 1.54. The predicted octanol–water partition coefficient (Wildman–Crippen LogP) is 3.75. The first kappa shape index (κ1) is 20.8. The minimum Gasteiger partial charge on any atom is -0.337 e. The minimum atomic E-state index is -1.06. The van der Waals surface area contributed by atoms with Crippen molar-refractivity contribution in [1.82, 2.24) is 19.2 Å². The van der Waals surface area contributed by atoms with E-state index in [0.29, 0.717) is 23.8 Å². The number of nitrogens with zero attached hydrogens (tertiary/aromatic N) is 4. The lowest BCUT2D eigenvalue weighted by Gasteiger charge is -2.14. The molecule has 31 heavy (non-hydrogen) atoms. The van der Waals surface area contributed by atoms with Crippen LogP contribution in [0.5, 0.6) is 0 Å². The molecule has 1 fully saturated rings. The summed E-state index contributed by atoms with van der Waals surface area (Å²) in [4.78, 5) is 35.4. The third-order valence-corrected chi connectivity index (χ3v) is 5.61. The third-order valence-electron chi connectivity index (χ3n) is 4.76. The summed E-state index contributed by atoms with van der Waals surface area (Å²) in [6.45, 7) is 3.04. The van der Waals surface area contributed by atoms with Crippen molar-refractivity contribution < 1.29 is 18.4 Å². The summed E-state index contributed by atoms with van der Waals surface area (Å²) < 4.78 is 30.7. The van der Waals surface area contributed by atoms with Gasteiger partial charge in [-0.15, -0.1) is 0 Å². The number of hydrogen-bond acceptors (Lipinski definition) is 7. The molecule has 0 unspecified atom stereocenters. The van der Waals surface area contributed by atoms with Gasteiger partial charge in [0.1, 0.15) is 16.5 Å². The van der Waals surface area contributed by atoms with E-state index >= 15 is 0 Å². The first-order chi connectivity index (χ1) is 14.9. The first-order valence-corrected chi connectivity index (χ1v) is 10.3. The van der Waals surface area contributed by atoms with Crippen LogP contribution in [0.25, 0.3) is 0 Å². The lowest BCUT2D eigenvalue weighted by molar-refractivity contribution is 0.0786. The molecule has 3 heterocycles. The normalized spacial score (nSPS) is 13.3. The van der Waals surface area contributed by atoms with Crippen molar-refractivity contribution in [1.29, 1.82) is 0 Å². The van der Waals surface area contributed by atoms with Crippen molar-refractivity contribution in [2.75, 3.05) is 23.7 Å². The summed E-state index contributed by atoms with van der Waals surface area (Å²) in [6, 6.07) is 3.09. The molecule has 2 amide bonds. The molecule has 2 N–H and O–H groups in total. The summed E-state index contributed by atoms with van der Waals surface area (Å²) in [5.41, 5.74) is 0.997. The van der Waals surface area contributed by atoms with Crippen LogP contribution in [0.15, 0.2) is 30.6 Å². The SMILES string of the molecule is Cc1nsc(Nc2cncc(C(=O)N3CCCC3)n2)c1C(=O)Nc1ccc(F)c(F)c1. The number of amides is 2. The van der Waals surface area contributed by atoms with E-state index < -0.39 is 17.5 Å². The van der Waals surface area contributed by atoms with Crippen LogP contribution in [-0.4, -0.2) is 44.1 Å². The molecule has 2 aromatic heterocycles. The fraction of sp³-hybridized carbons (Fsp3) is 0.250. The Morgan fingerprint density at radius 1 is 1.13 bits per heavy atom. The highest BCUT2D eigenvalue weighted by Crippen LogP contribution is 2.28. The van der Waals surface area contributed by atoms with Gasteiger partial charge >= 0.3 is 0 Å². The van der Waals surface area contributed by atoms with Crippen LogP contribution in [0.4, 0.5) is 25.3 Å². The van der Waals surface area contributed by atoms with Crippen molar-refractivity contribution in [2.45, 2.75) is 19.8 Å². The Morgan fingerprint density at radius 2 is 1.90 bits per heavy atom. The maximum atomic E-state index is 13.4. The molecule has 160 valence electrons. The van der Waals surface area contributed by atoms with Gasteiger partial charge in [0.15, 0.2) is 11.6 Å². The van der Waals surface area contributed by atoms with Crippen molar-refractivity contribution in [3.63, 3.8) is 0 Å². The fourth-order valence-corrected chi connectivity index (χ4v) is 4.02. The van der Waals surface area contributed by atoms with Crippen LogP contribution in [0.1, 0.15) is 39.4 Å². The Labute approximate surface area is 180 Å². The second-order valence-corrected chi connectivity index (χ2v) is 7.74. The maximum Gasteiger partial charge on any atom is 0.274 e. The van der Waals surface area contributed by atoms with Crippen LogP contribution in [0.3, 0.4) is 0 Å². The zero-order valence-corrected chi connectivity index (χ0v) is 17.3. The molecule has 11 heteroatoms. The molecule has 0 spiro atoms. The minimum absolute atomic E-state index is 0.110. The maximum absolute atomic E-state index is 13.4. The molecule has 4 rings (SSSR count). The molecule has 1 saturated heterocycles. The number of benzene rings is 1. The van der Waals surface area contributed by atoms with E-state index in [1.54, 1.807) is 11.8 Å². The zero-order valence-electron chi connectivity index (χ0n) is 16.5. The molecule has 1 aliphatic rings. The van der Waals surface area contributed by atoms with Gasteiger partial charge in [-0.1, -0.05) is 0 Å². The van der Waals surface area contributed by atoms with Gasteiger partial charge in [0.05, 0.1) is 23.7 Å². The molecule has 3 aromatic rings. The number of hydrogen-bond donors (Lipinski definition) is 2. The van der Waals surface area contributed by atoms with E-state index in [1.165, 1.54) is 18.5 Å². The molecular formula is C20H18F2N6O2S. The molecule has 1 aromatic carbocycles. The van der Waals surface area contributed by atoms with Gasteiger partial charge in [0.25, 0.3) is 11.8 Å². The molecule has 0 aliphatic carbocycles. The van der Waals surface area contributed by atoms with Gasteiger partial charge in [-0.25, -0.2) is 13.8 Å². The van der Waals surface area contributed by atoms with E-state index in [2.05, 4.69) is 25.0 Å². The number of likely N-dealkylation sites (tertiary alicyclic amines) is 1. The Bertz CT molecular complexity index is 1150. The van der Waals surface area contributed by atoms with E-state index in [4.69, 9.17) is 0 Å². The summed E-state index contributed by atoms with van der Waals surface area (Å²) in [6.07, 6.45) is 4.77. The number of nitrogens with one attached hydrogen (secondary N) is 2. The highest BCUT2D eigenvalue weighted by atomic mass is 32.1. The van der Waals surface area contributed by atoms with Gasteiger partial charge in [0, 0.05) is 24.8 Å². The van der Waals surface area contributed by atoms with Gasteiger partial charge in [-0.3, -0.25) is 14.6 Å². The van der Waals surface area contributed by atoms with Crippen molar-refractivity contribution in [3.8, 4) is 0 Å². The summed E-state index contributed by atoms with van der Waals surface area (Å²) >= 11 is 1.04. The van der Waals surface area contributed by atoms with Crippen LogP contribution in [0, 0.1) is 18.6 Å². The largest absolute Gasteiger partial charge is 0.337 e. The van der Waals surface area contributed by atoms with Gasteiger partial charge in [0.2, 0.25) is 0 Å². The van der Waals surface area contributed by atoms with E-state index in [9.17, 15) is 18.4 Å². The number of aryl methyl sites for hydroxylation is 1. The topological polar surface area (TPSA) is 100 Å². The van der Waals surface area contributed by atoms with E-state index in [1.807, 2.05) is 0 Å². The van der Waals surface area contributed by atoms with Gasteiger partial charge in [-0.2, -0.15) is 4.37 Å². The molecule has 0 saturated carbocycles. The average Bonchev–Trinajstić information content (AvgIpc) is 3.41. The summed E-state index contributed by atoms with van der Waals surface area (Å²) in [7, 11) is 0. The Kier molecular flexibility index (Phi) is 5.85. The van der Waals surface area contributed by atoms with Crippen LogP contribution in [-0.2, 0) is 0 Å². The number of anilines is 3. The number of carbonyl (C=O) groups excluding carboxylic acids is 2.